The number of rotatable bonds is 6. The number of primary amides is 1. The van der Waals surface area contributed by atoms with Crippen LogP contribution in [0.1, 0.15) is 74.0 Å². The number of benzene rings is 1. The first-order valence-electron chi connectivity index (χ1n) is 13.7. The largest absolute Gasteiger partial charge is 0.444 e. The molecule has 4 aliphatic rings. The zero-order chi connectivity index (χ0) is 28.1. The Kier molecular flexibility index (Phi) is 7.01. The number of nitrogens with two attached hydrogens (primary N) is 1. The number of alkyl carbamates (subject to hydrolysis) is 1. The molecular formula is C28H36N6O5. The van der Waals surface area contributed by atoms with E-state index in [0.29, 0.717) is 31.5 Å². The van der Waals surface area contributed by atoms with Crippen LogP contribution in [0.5, 0.6) is 0 Å². The van der Waals surface area contributed by atoms with Crippen molar-refractivity contribution in [3.63, 3.8) is 0 Å². The lowest BCUT2D eigenvalue weighted by Crippen LogP contribution is -2.59. The highest BCUT2D eigenvalue weighted by molar-refractivity contribution is 5.93. The first kappa shape index (κ1) is 26.9. The molecule has 2 bridgehead atoms. The van der Waals surface area contributed by atoms with Gasteiger partial charge >= 0.3 is 6.09 Å². The highest BCUT2D eigenvalue weighted by Gasteiger charge is 2.53. The summed E-state index contributed by atoms with van der Waals surface area (Å²) in [6.07, 6.45) is 2.85. The second-order valence-corrected chi connectivity index (χ2v) is 12.0. The Balaban J connectivity index is 1.30. The molecule has 4 unspecified atom stereocenters. The molecule has 0 saturated carbocycles. The van der Waals surface area contributed by atoms with E-state index in [0.717, 1.165) is 30.4 Å². The van der Waals surface area contributed by atoms with Crippen LogP contribution in [-0.2, 0) is 20.7 Å². The monoisotopic (exact) mass is 536 g/mol. The molecule has 11 heteroatoms. The van der Waals surface area contributed by atoms with Crippen molar-refractivity contribution >= 4 is 23.8 Å². The molecule has 1 aromatic carbocycles. The van der Waals surface area contributed by atoms with Crippen molar-refractivity contribution in [2.75, 3.05) is 19.6 Å². The third-order valence-electron chi connectivity index (χ3n) is 8.21. The summed E-state index contributed by atoms with van der Waals surface area (Å²) in [5.41, 5.74) is 7.29. The molecule has 0 spiro atoms. The summed E-state index contributed by atoms with van der Waals surface area (Å²) in [6.45, 7) is 6.45. The van der Waals surface area contributed by atoms with Gasteiger partial charge in [-0.05, 0) is 76.1 Å². The number of piperazine rings is 1. The number of nitrogens with zero attached hydrogens (tertiary/aromatic N) is 4. The third kappa shape index (κ3) is 5.17. The fraction of sp³-hybridized carbons (Fsp3) is 0.607. The van der Waals surface area contributed by atoms with Gasteiger partial charge in [0.15, 0.2) is 0 Å². The molecule has 3 heterocycles. The average Bonchev–Trinajstić information content (AvgIpc) is 3.64. The van der Waals surface area contributed by atoms with Gasteiger partial charge in [0.25, 0.3) is 0 Å². The average molecular weight is 537 g/mol. The van der Waals surface area contributed by atoms with E-state index in [4.69, 9.17) is 10.5 Å². The lowest BCUT2D eigenvalue weighted by Gasteiger charge is -2.39. The molecule has 5 rings (SSSR count). The topological polar surface area (TPSA) is 149 Å². The molecule has 208 valence electrons. The van der Waals surface area contributed by atoms with Gasteiger partial charge < -0.3 is 25.6 Å². The summed E-state index contributed by atoms with van der Waals surface area (Å²) in [5, 5.41) is 12.2. The van der Waals surface area contributed by atoms with E-state index in [-0.39, 0.29) is 36.5 Å². The highest BCUT2D eigenvalue weighted by atomic mass is 16.6. The van der Waals surface area contributed by atoms with Gasteiger partial charge in [0, 0.05) is 31.2 Å². The Morgan fingerprint density at radius 2 is 2.00 bits per heavy atom. The van der Waals surface area contributed by atoms with Gasteiger partial charge in [-0.1, -0.05) is 6.07 Å². The molecule has 4 amide bonds. The van der Waals surface area contributed by atoms with Gasteiger partial charge in [-0.2, -0.15) is 5.26 Å². The molecule has 11 nitrogen and oxygen atoms in total. The zero-order valence-corrected chi connectivity index (χ0v) is 22.7. The van der Waals surface area contributed by atoms with Crippen molar-refractivity contribution in [3.8, 4) is 6.07 Å². The number of amides is 4. The minimum absolute atomic E-state index is 0.00908. The molecule has 39 heavy (non-hydrogen) atoms. The summed E-state index contributed by atoms with van der Waals surface area (Å²) in [5.74, 6) is -0.776. The Hall–Kier alpha value is -3.65. The van der Waals surface area contributed by atoms with E-state index in [2.05, 4.69) is 11.4 Å². The number of carbonyl (C=O) groups excluding carboxylic acids is 4. The maximum absolute atomic E-state index is 13.6. The van der Waals surface area contributed by atoms with Crippen LogP contribution < -0.4 is 11.1 Å². The lowest BCUT2D eigenvalue weighted by molar-refractivity contribution is -0.141. The van der Waals surface area contributed by atoms with Crippen LogP contribution in [0.2, 0.25) is 0 Å². The minimum Gasteiger partial charge on any atom is -0.444 e. The summed E-state index contributed by atoms with van der Waals surface area (Å²) in [7, 11) is 0. The van der Waals surface area contributed by atoms with Crippen LogP contribution in [0, 0.1) is 11.3 Å². The standard InChI is InChI=1S/C28H36N6O5/c1-28(2,3)39-27(38)31-21(25(36)33-10-4-5-18(33)13-29)15-32-14-19-12-23(32)26(37)34(19)22-9-7-16-11-17(24(30)35)6-8-20(16)22/h6,8,11,18-19,21-23H,4-5,7,9-10,12,14-15H2,1-3H3,(H2,30,35)(H,31,38)/t18?,19-,21?,22?,23?/m0/s1. The number of nitriles is 1. The summed E-state index contributed by atoms with van der Waals surface area (Å²) >= 11 is 0. The number of likely N-dealkylation sites (tertiary alicyclic amines) is 3. The van der Waals surface area contributed by atoms with Crippen LogP contribution in [0.4, 0.5) is 4.79 Å². The number of fused-ring (bicyclic) bond motifs is 3. The molecule has 0 aromatic heterocycles. The fourth-order valence-electron chi connectivity index (χ4n) is 6.57. The van der Waals surface area contributed by atoms with Gasteiger partial charge in [0.1, 0.15) is 17.7 Å². The molecular weight excluding hydrogens is 500 g/mol. The van der Waals surface area contributed by atoms with Crippen molar-refractivity contribution in [2.24, 2.45) is 5.73 Å². The number of carbonyl (C=O) groups is 4. The first-order chi connectivity index (χ1) is 18.5. The molecule has 0 radical (unpaired) electrons. The second kappa shape index (κ2) is 10.2. The molecule has 3 aliphatic heterocycles. The highest BCUT2D eigenvalue weighted by Crippen LogP contribution is 2.44. The quantitative estimate of drug-likeness (QED) is 0.559. The number of hydrogen-bond donors (Lipinski definition) is 2. The summed E-state index contributed by atoms with van der Waals surface area (Å²) in [6, 6.07) is 5.74. The van der Waals surface area contributed by atoms with Gasteiger partial charge in [-0.3, -0.25) is 19.3 Å². The Labute approximate surface area is 228 Å². The predicted molar refractivity (Wildman–Crippen MR) is 140 cm³/mol. The molecule has 1 aliphatic carbocycles. The molecule has 5 atom stereocenters. The number of ether oxygens (including phenoxy) is 1. The van der Waals surface area contributed by atoms with Gasteiger partial charge in [0.05, 0.1) is 18.2 Å². The predicted octanol–water partition coefficient (Wildman–Crippen LogP) is 1.47. The van der Waals surface area contributed by atoms with Crippen LogP contribution in [0.15, 0.2) is 18.2 Å². The van der Waals surface area contributed by atoms with E-state index in [9.17, 15) is 24.4 Å². The van der Waals surface area contributed by atoms with Gasteiger partial charge in [-0.25, -0.2) is 4.79 Å². The molecule has 3 fully saturated rings. The normalized spacial score (nSPS) is 26.9. The van der Waals surface area contributed by atoms with E-state index in [1.54, 1.807) is 26.8 Å². The van der Waals surface area contributed by atoms with E-state index in [1.165, 1.54) is 4.90 Å². The lowest BCUT2D eigenvalue weighted by atomic mass is 10.0. The molecule has 3 N–H and O–H groups in total. The third-order valence-corrected chi connectivity index (χ3v) is 8.21. The zero-order valence-electron chi connectivity index (χ0n) is 22.7. The van der Waals surface area contributed by atoms with Crippen molar-refractivity contribution in [3.05, 3.63) is 34.9 Å². The van der Waals surface area contributed by atoms with Crippen molar-refractivity contribution in [1.82, 2.24) is 20.0 Å². The maximum Gasteiger partial charge on any atom is 0.408 e. The Bertz CT molecular complexity index is 1240. The van der Waals surface area contributed by atoms with Crippen molar-refractivity contribution in [1.29, 1.82) is 5.26 Å². The second-order valence-electron chi connectivity index (χ2n) is 12.0. The Morgan fingerprint density at radius 1 is 1.23 bits per heavy atom. The van der Waals surface area contributed by atoms with Crippen LogP contribution in [0.25, 0.3) is 0 Å². The van der Waals surface area contributed by atoms with Crippen LogP contribution in [0.3, 0.4) is 0 Å². The number of hydrogen-bond acceptors (Lipinski definition) is 7. The molecule has 3 saturated heterocycles. The smallest absolute Gasteiger partial charge is 0.408 e. The summed E-state index contributed by atoms with van der Waals surface area (Å²) in [4.78, 5) is 56.9. The van der Waals surface area contributed by atoms with Gasteiger partial charge in [0.2, 0.25) is 17.7 Å². The van der Waals surface area contributed by atoms with Crippen molar-refractivity contribution < 1.29 is 23.9 Å². The van der Waals surface area contributed by atoms with E-state index < -0.39 is 29.7 Å². The summed E-state index contributed by atoms with van der Waals surface area (Å²) < 4.78 is 5.41. The van der Waals surface area contributed by atoms with Crippen molar-refractivity contribution in [2.45, 2.75) is 88.7 Å². The van der Waals surface area contributed by atoms with E-state index >= 15 is 0 Å². The maximum atomic E-state index is 13.6. The van der Waals surface area contributed by atoms with Gasteiger partial charge in [-0.15, -0.1) is 0 Å². The van der Waals surface area contributed by atoms with Crippen LogP contribution in [-0.4, -0.2) is 87.9 Å². The Morgan fingerprint density at radius 3 is 2.67 bits per heavy atom. The molecule has 1 aromatic rings. The minimum atomic E-state index is -0.936. The SMILES string of the molecule is CC(C)(C)OC(=O)NC(CN1C[C@@H]2CC1C(=O)N2C1CCc2cc(C(N)=O)ccc21)C(=O)N1CCCC1C#N. The van der Waals surface area contributed by atoms with E-state index in [1.807, 2.05) is 21.9 Å². The fourth-order valence-corrected chi connectivity index (χ4v) is 6.57. The number of nitrogens with one attached hydrogen (secondary N) is 1. The number of aryl methyl sites for hydroxylation is 1. The van der Waals surface area contributed by atoms with Crippen LogP contribution >= 0.6 is 0 Å². The first-order valence-corrected chi connectivity index (χ1v) is 13.7.